The Hall–Kier alpha value is -1.01. The van der Waals surface area contributed by atoms with E-state index in [0.717, 1.165) is 34.0 Å². The Morgan fingerprint density at radius 2 is 1.88 bits per heavy atom. The molecule has 2 heterocycles. The van der Waals surface area contributed by atoms with Crippen molar-refractivity contribution < 1.29 is 0 Å². The zero-order valence-electron chi connectivity index (χ0n) is 13.0. The molecule has 124 valence electrons. The highest BCUT2D eigenvalue weighted by Gasteiger charge is 2.22. The van der Waals surface area contributed by atoms with E-state index in [2.05, 4.69) is 5.32 Å². The molecule has 1 N–H and O–H groups in total. The second-order valence-corrected chi connectivity index (χ2v) is 8.34. The molecule has 2 aromatic heterocycles. The van der Waals surface area contributed by atoms with Crippen molar-refractivity contribution in [1.29, 1.82) is 0 Å². The molecular formula is C17H15Cl2N3S2. The van der Waals surface area contributed by atoms with Gasteiger partial charge in [-0.15, -0.1) is 11.3 Å². The standard InChI is InChI=1S/C17H15Cl2N3S2/c1-23-17-21-15(20-14-10(18)6-4-7-11(14)19)13-9-5-2-3-8-12(9)24-16(13)22-17/h4,6-7H,2-3,5,8H2,1H3,(H,20,21,22). The molecule has 0 aliphatic heterocycles. The molecule has 3 aromatic rings. The van der Waals surface area contributed by atoms with E-state index in [4.69, 9.17) is 33.2 Å². The first-order valence-corrected chi connectivity index (χ1v) is 10.5. The van der Waals surface area contributed by atoms with Crippen LogP contribution in [0.1, 0.15) is 23.3 Å². The minimum Gasteiger partial charge on any atom is -0.337 e. The summed E-state index contributed by atoms with van der Waals surface area (Å²) in [6.45, 7) is 0. The third-order valence-electron chi connectivity index (χ3n) is 4.18. The van der Waals surface area contributed by atoms with Crippen LogP contribution in [-0.2, 0) is 12.8 Å². The molecule has 4 rings (SSSR count). The van der Waals surface area contributed by atoms with Gasteiger partial charge in [-0.25, -0.2) is 9.97 Å². The van der Waals surface area contributed by atoms with Crippen LogP contribution >= 0.6 is 46.3 Å². The number of aromatic nitrogens is 2. The number of halogens is 2. The minimum atomic E-state index is 0.587. The quantitative estimate of drug-likeness (QED) is 0.414. The van der Waals surface area contributed by atoms with E-state index in [1.807, 2.05) is 24.5 Å². The van der Waals surface area contributed by atoms with Crippen LogP contribution in [0.25, 0.3) is 10.2 Å². The number of nitrogens with zero attached hydrogens (tertiary/aromatic N) is 2. The van der Waals surface area contributed by atoms with Gasteiger partial charge < -0.3 is 5.32 Å². The van der Waals surface area contributed by atoms with E-state index >= 15 is 0 Å². The summed E-state index contributed by atoms with van der Waals surface area (Å²) in [5.41, 5.74) is 2.09. The maximum atomic E-state index is 6.33. The Morgan fingerprint density at radius 3 is 2.62 bits per heavy atom. The zero-order valence-corrected chi connectivity index (χ0v) is 16.2. The number of nitrogens with one attached hydrogen (secondary N) is 1. The van der Waals surface area contributed by atoms with Crippen molar-refractivity contribution >= 4 is 68.0 Å². The summed E-state index contributed by atoms with van der Waals surface area (Å²) in [4.78, 5) is 11.9. The number of para-hydroxylation sites is 1. The molecule has 0 bridgehead atoms. The van der Waals surface area contributed by atoms with Crippen molar-refractivity contribution in [2.45, 2.75) is 30.8 Å². The summed E-state index contributed by atoms with van der Waals surface area (Å²) in [7, 11) is 0. The first kappa shape index (κ1) is 16.5. The Labute approximate surface area is 158 Å². The fraction of sp³-hybridized carbons (Fsp3) is 0.294. The summed E-state index contributed by atoms with van der Waals surface area (Å²) in [6.07, 6.45) is 6.68. The SMILES string of the molecule is CSc1nc(Nc2c(Cl)cccc2Cl)c2c3c(sc2n1)CCCC3. The monoisotopic (exact) mass is 395 g/mol. The predicted octanol–water partition coefficient (Wildman–Crippen LogP) is 6.34. The maximum Gasteiger partial charge on any atom is 0.190 e. The van der Waals surface area contributed by atoms with Crippen LogP contribution in [0, 0.1) is 0 Å². The highest BCUT2D eigenvalue weighted by molar-refractivity contribution is 7.98. The maximum absolute atomic E-state index is 6.33. The molecule has 0 atom stereocenters. The largest absolute Gasteiger partial charge is 0.337 e. The van der Waals surface area contributed by atoms with E-state index in [0.29, 0.717) is 15.7 Å². The van der Waals surface area contributed by atoms with Gasteiger partial charge in [-0.2, -0.15) is 0 Å². The molecule has 1 aromatic carbocycles. The molecule has 7 heteroatoms. The highest BCUT2D eigenvalue weighted by atomic mass is 35.5. The molecule has 0 spiro atoms. The second-order valence-electron chi connectivity index (χ2n) is 5.67. The number of rotatable bonds is 3. The number of hydrogen-bond acceptors (Lipinski definition) is 5. The predicted molar refractivity (Wildman–Crippen MR) is 106 cm³/mol. The smallest absolute Gasteiger partial charge is 0.190 e. The Bertz CT molecular complexity index is 904. The average Bonchev–Trinajstić information content (AvgIpc) is 2.96. The van der Waals surface area contributed by atoms with Gasteiger partial charge in [0, 0.05) is 4.88 Å². The fourth-order valence-corrected chi connectivity index (χ4v) is 5.23. The summed E-state index contributed by atoms with van der Waals surface area (Å²) < 4.78 is 0. The van der Waals surface area contributed by atoms with Crippen LogP contribution in [-0.4, -0.2) is 16.2 Å². The second kappa shape index (κ2) is 6.71. The highest BCUT2D eigenvalue weighted by Crippen LogP contribution is 2.41. The van der Waals surface area contributed by atoms with E-state index in [9.17, 15) is 0 Å². The van der Waals surface area contributed by atoms with Crippen molar-refractivity contribution in [1.82, 2.24) is 9.97 Å². The van der Waals surface area contributed by atoms with Gasteiger partial charge in [0.05, 0.1) is 21.1 Å². The molecule has 0 radical (unpaired) electrons. The van der Waals surface area contributed by atoms with Crippen LogP contribution in [0.5, 0.6) is 0 Å². The van der Waals surface area contributed by atoms with Gasteiger partial charge in [-0.05, 0) is 49.6 Å². The molecular weight excluding hydrogens is 381 g/mol. The third kappa shape index (κ3) is 2.88. The Kier molecular flexibility index (Phi) is 4.60. The molecule has 0 saturated heterocycles. The Morgan fingerprint density at radius 1 is 1.12 bits per heavy atom. The topological polar surface area (TPSA) is 37.8 Å². The van der Waals surface area contributed by atoms with Gasteiger partial charge in [0.1, 0.15) is 10.6 Å². The molecule has 0 amide bonds. The lowest BCUT2D eigenvalue weighted by molar-refractivity contribution is 0.700. The normalized spacial score (nSPS) is 14.0. The molecule has 0 saturated carbocycles. The zero-order chi connectivity index (χ0) is 16.7. The lowest BCUT2D eigenvalue weighted by atomic mass is 9.97. The van der Waals surface area contributed by atoms with Gasteiger partial charge in [0.15, 0.2) is 5.16 Å². The summed E-state index contributed by atoms with van der Waals surface area (Å²) >= 11 is 16.0. The molecule has 24 heavy (non-hydrogen) atoms. The molecule has 3 nitrogen and oxygen atoms in total. The van der Waals surface area contributed by atoms with Gasteiger partial charge in [-0.1, -0.05) is 41.0 Å². The number of fused-ring (bicyclic) bond motifs is 3. The van der Waals surface area contributed by atoms with Crippen molar-refractivity contribution in [2.24, 2.45) is 0 Å². The van der Waals surface area contributed by atoms with Crippen LogP contribution in [0.4, 0.5) is 11.5 Å². The van der Waals surface area contributed by atoms with E-state index < -0.39 is 0 Å². The molecule has 0 fully saturated rings. The van der Waals surface area contributed by atoms with E-state index in [1.165, 1.54) is 23.3 Å². The first-order chi connectivity index (χ1) is 11.7. The number of benzene rings is 1. The summed E-state index contributed by atoms with van der Waals surface area (Å²) in [6, 6.07) is 5.49. The fourth-order valence-electron chi connectivity index (χ4n) is 3.06. The van der Waals surface area contributed by atoms with E-state index in [1.54, 1.807) is 23.1 Å². The van der Waals surface area contributed by atoms with Crippen LogP contribution in [0.3, 0.4) is 0 Å². The number of hydrogen-bond donors (Lipinski definition) is 1. The lowest BCUT2D eigenvalue weighted by Gasteiger charge is -2.14. The van der Waals surface area contributed by atoms with Crippen LogP contribution in [0.2, 0.25) is 10.0 Å². The number of anilines is 2. The number of thioether (sulfide) groups is 1. The Balaban J connectivity index is 1.91. The number of aryl methyl sites for hydroxylation is 2. The van der Waals surface area contributed by atoms with E-state index in [-0.39, 0.29) is 0 Å². The average molecular weight is 396 g/mol. The molecule has 1 aliphatic carbocycles. The first-order valence-electron chi connectivity index (χ1n) is 7.74. The van der Waals surface area contributed by atoms with Gasteiger partial charge >= 0.3 is 0 Å². The minimum absolute atomic E-state index is 0.587. The van der Waals surface area contributed by atoms with Gasteiger partial charge in [-0.3, -0.25) is 0 Å². The number of thiophene rings is 1. The van der Waals surface area contributed by atoms with Crippen LogP contribution < -0.4 is 5.32 Å². The summed E-state index contributed by atoms with van der Waals surface area (Å²) in [5.74, 6) is 0.804. The van der Waals surface area contributed by atoms with Crippen molar-refractivity contribution in [3.63, 3.8) is 0 Å². The van der Waals surface area contributed by atoms with Crippen LogP contribution in [0.15, 0.2) is 23.4 Å². The van der Waals surface area contributed by atoms with Gasteiger partial charge in [0.2, 0.25) is 0 Å². The molecule has 1 aliphatic rings. The van der Waals surface area contributed by atoms with Crippen molar-refractivity contribution in [3.05, 3.63) is 38.7 Å². The molecule has 0 unspecified atom stereocenters. The lowest BCUT2D eigenvalue weighted by Crippen LogP contribution is -2.02. The summed E-state index contributed by atoms with van der Waals surface area (Å²) in [5, 5.41) is 6.43. The third-order valence-corrected chi connectivity index (χ3v) is 6.55. The van der Waals surface area contributed by atoms with Crippen molar-refractivity contribution in [3.8, 4) is 0 Å². The van der Waals surface area contributed by atoms with Gasteiger partial charge in [0.25, 0.3) is 0 Å². The van der Waals surface area contributed by atoms with Crippen molar-refractivity contribution in [2.75, 3.05) is 11.6 Å².